The minimum Gasteiger partial charge on any atom is -0.383 e. The number of carbonyl (C=O) groups excluding carboxylic acids is 1. The van der Waals surface area contributed by atoms with Gasteiger partial charge in [0, 0.05) is 12.7 Å². The highest BCUT2D eigenvalue weighted by molar-refractivity contribution is 6.08. The van der Waals surface area contributed by atoms with E-state index in [1.165, 1.54) is 6.20 Å². The summed E-state index contributed by atoms with van der Waals surface area (Å²) in [5.74, 6) is 0.113. The summed E-state index contributed by atoms with van der Waals surface area (Å²) in [5, 5.41) is 6.32. The van der Waals surface area contributed by atoms with Gasteiger partial charge in [-0.3, -0.25) is 9.89 Å². The molecule has 1 amide bonds. The monoisotopic (exact) mass is 244 g/mol. The summed E-state index contributed by atoms with van der Waals surface area (Å²) in [6, 6.07) is 5.98. The first-order valence-corrected chi connectivity index (χ1v) is 5.64. The fourth-order valence-corrected chi connectivity index (χ4v) is 1.91. The number of aromatic amines is 1. The summed E-state index contributed by atoms with van der Waals surface area (Å²) in [7, 11) is 1.73. The van der Waals surface area contributed by atoms with Crippen LogP contribution in [0.2, 0.25) is 0 Å². The van der Waals surface area contributed by atoms with Crippen LogP contribution < -0.4 is 10.6 Å². The number of anilines is 2. The maximum Gasteiger partial charge on any atom is 0.263 e. The molecule has 1 aromatic carbocycles. The van der Waals surface area contributed by atoms with Gasteiger partial charge in [-0.25, -0.2) is 0 Å². The number of nitrogen functional groups attached to an aromatic ring is 1. The predicted molar refractivity (Wildman–Crippen MR) is 71.6 cm³/mol. The van der Waals surface area contributed by atoms with Crippen molar-refractivity contribution in [2.75, 3.05) is 17.7 Å². The van der Waals surface area contributed by atoms with Crippen molar-refractivity contribution in [3.8, 4) is 0 Å². The number of nitrogens with two attached hydrogens (primary N) is 1. The molecule has 2 rings (SSSR count). The molecule has 94 valence electrons. The number of carbonyl (C=O) groups is 1. The first-order chi connectivity index (χ1) is 8.49. The highest BCUT2D eigenvalue weighted by Gasteiger charge is 2.17. The Hall–Kier alpha value is -2.30. The second-order valence-electron chi connectivity index (χ2n) is 4.41. The molecule has 18 heavy (non-hydrogen) atoms. The van der Waals surface area contributed by atoms with Crippen molar-refractivity contribution in [3.05, 3.63) is 41.1 Å². The summed E-state index contributed by atoms with van der Waals surface area (Å²) in [6.45, 7) is 4.00. The van der Waals surface area contributed by atoms with Gasteiger partial charge in [-0.1, -0.05) is 6.07 Å². The number of amides is 1. The fourth-order valence-electron chi connectivity index (χ4n) is 1.91. The summed E-state index contributed by atoms with van der Waals surface area (Å²) < 4.78 is 0. The third-order valence-corrected chi connectivity index (χ3v) is 2.80. The second kappa shape index (κ2) is 4.52. The molecular formula is C13H16N4O. The van der Waals surface area contributed by atoms with Crippen molar-refractivity contribution in [2.45, 2.75) is 13.8 Å². The molecule has 0 spiro atoms. The molecule has 1 heterocycles. The zero-order chi connectivity index (χ0) is 13.3. The lowest BCUT2D eigenvalue weighted by atomic mass is 10.1. The molecule has 1 aromatic heterocycles. The maximum absolute atomic E-state index is 12.2. The quantitative estimate of drug-likeness (QED) is 0.847. The lowest BCUT2D eigenvalue weighted by Crippen LogP contribution is -2.26. The number of H-pyrrole nitrogens is 1. The molecule has 0 aliphatic rings. The molecule has 0 unspecified atom stereocenters. The van der Waals surface area contributed by atoms with Crippen LogP contribution in [0, 0.1) is 13.8 Å². The van der Waals surface area contributed by atoms with Crippen molar-refractivity contribution in [2.24, 2.45) is 0 Å². The van der Waals surface area contributed by atoms with E-state index in [0.29, 0.717) is 5.56 Å². The van der Waals surface area contributed by atoms with Gasteiger partial charge in [0.05, 0.1) is 6.20 Å². The molecule has 0 fully saturated rings. The van der Waals surface area contributed by atoms with Crippen molar-refractivity contribution >= 4 is 17.4 Å². The van der Waals surface area contributed by atoms with E-state index in [-0.39, 0.29) is 11.7 Å². The Morgan fingerprint density at radius 3 is 2.39 bits per heavy atom. The Morgan fingerprint density at radius 2 is 1.89 bits per heavy atom. The highest BCUT2D eigenvalue weighted by atomic mass is 16.2. The van der Waals surface area contributed by atoms with Crippen LogP contribution in [0.3, 0.4) is 0 Å². The van der Waals surface area contributed by atoms with Gasteiger partial charge in [-0.2, -0.15) is 5.10 Å². The Morgan fingerprint density at radius 1 is 1.28 bits per heavy atom. The van der Waals surface area contributed by atoms with Crippen molar-refractivity contribution < 1.29 is 4.79 Å². The van der Waals surface area contributed by atoms with Gasteiger partial charge in [-0.05, 0) is 37.1 Å². The van der Waals surface area contributed by atoms with Crippen LogP contribution in [0.25, 0.3) is 0 Å². The predicted octanol–water partition coefficient (Wildman–Crippen LogP) is 1.89. The van der Waals surface area contributed by atoms with Gasteiger partial charge in [-0.15, -0.1) is 0 Å². The van der Waals surface area contributed by atoms with Crippen LogP contribution in [-0.2, 0) is 0 Å². The van der Waals surface area contributed by atoms with Gasteiger partial charge in [0.1, 0.15) is 11.4 Å². The Kier molecular flexibility index (Phi) is 3.06. The highest BCUT2D eigenvalue weighted by Crippen LogP contribution is 2.20. The van der Waals surface area contributed by atoms with E-state index in [9.17, 15) is 4.79 Å². The smallest absolute Gasteiger partial charge is 0.263 e. The average Bonchev–Trinajstić information content (AvgIpc) is 2.72. The molecule has 0 bridgehead atoms. The minimum atomic E-state index is -0.175. The van der Waals surface area contributed by atoms with E-state index >= 15 is 0 Å². The van der Waals surface area contributed by atoms with Crippen LogP contribution in [0.4, 0.5) is 11.5 Å². The van der Waals surface area contributed by atoms with Gasteiger partial charge < -0.3 is 10.6 Å². The Bertz CT molecular complexity index is 568. The van der Waals surface area contributed by atoms with E-state index in [2.05, 4.69) is 16.3 Å². The van der Waals surface area contributed by atoms with E-state index < -0.39 is 0 Å². The lowest BCUT2D eigenvalue weighted by Gasteiger charge is -2.18. The molecule has 5 nitrogen and oxygen atoms in total. The SMILES string of the molecule is Cc1cc(C)cc(N(C)C(=O)c2cn[nH]c2N)c1. The number of aromatic nitrogens is 2. The number of rotatable bonds is 2. The van der Waals surface area contributed by atoms with E-state index in [1.807, 2.05) is 26.0 Å². The van der Waals surface area contributed by atoms with E-state index in [1.54, 1.807) is 11.9 Å². The van der Waals surface area contributed by atoms with Crippen LogP contribution >= 0.6 is 0 Å². The molecule has 2 aromatic rings. The summed E-state index contributed by atoms with van der Waals surface area (Å²) in [4.78, 5) is 13.8. The number of benzene rings is 1. The number of aryl methyl sites for hydroxylation is 2. The van der Waals surface area contributed by atoms with Crippen LogP contribution in [0.1, 0.15) is 21.5 Å². The third kappa shape index (κ3) is 2.20. The molecule has 0 atom stereocenters. The maximum atomic E-state index is 12.2. The Labute approximate surface area is 106 Å². The van der Waals surface area contributed by atoms with Gasteiger partial charge in [0.25, 0.3) is 5.91 Å². The zero-order valence-electron chi connectivity index (χ0n) is 10.7. The fraction of sp³-hybridized carbons (Fsp3) is 0.231. The molecule has 5 heteroatoms. The topological polar surface area (TPSA) is 75.0 Å². The van der Waals surface area contributed by atoms with Crippen LogP contribution in [0.15, 0.2) is 24.4 Å². The molecule has 0 saturated carbocycles. The standard InChI is InChI=1S/C13H16N4O/c1-8-4-9(2)6-10(5-8)17(3)13(18)11-7-15-16-12(11)14/h4-7H,1-3H3,(H3,14,15,16). The van der Waals surface area contributed by atoms with Gasteiger partial charge >= 0.3 is 0 Å². The first-order valence-electron chi connectivity index (χ1n) is 5.64. The number of hydrogen-bond donors (Lipinski definition) is 2. The minimum absolute atomic E-state index is 0.175. The average molecular weight is 244 g/mol. The molecule has 0 aliphatic heterocycles. The number of hydrogen-bond acceptors (Lipinski definition) is 3. The van der Waals surface area contributed by atoms with Gasteiger partial charge in [0.15, 0.2) is 0 Å². The molecule has 0 saturated heterocycles. The van der Waals surface area contributed by atoms with Crippen molar-refractivity contribution in [1.82, 2.24) is 10.2 Å². The summed E-state index contributed by atoms with van der Waals surface area (Å²) >= 11 is 0. The van der Waals surface area contributed by atoms with Crippen LogP contribution in [0.5, 0.6) is 0 Å². The molecule has 0 aliphatic carbocycles. The largest absolute Gasteiger partial charge is 0.383 e. The van der Waals surface area contributed by atoms with Crippen LogP contribution in [-0.4, -0.2) is 23.2 Å². The van der Waals surface area contributed by atoms with E-state index in [0.717, 1.165) is 16.8 Å². The van der Waals surface area contributed by atoms with E-state index in [4.69, 9.17) is 5.73 Å². The number of nitrogens with zero attached hydrogens (tertiary/aromatic N) is 2. The zero-order valence-corrected chi connectivity index (χ0v) is 10.7. The summed E-state index contributed by atoms with van der Waals surface area (Å²) in [5.41, 5.74) is 9.11. The Balaban J connectivity index is 2.34. The first kappa shape index (κ1) is 12.2. The van der Waals surface area contributed by atoms with Crippen molar-refractivity contribution in [1.29, 1.82) is 0 Å². The lowest BCUT2D eigenvalue weighted by molar-refractivity contribution is 0.0994. The molecule has 3 N–H and O–H groups in total. The second-order valence-corrected chi connectivity index (χ2v) is 4.41. The van der Waals surface area contributed by atoms with Crippen molar-refractivity contribution in [3.63, 3.8) is 0 Å². The van der Waals surface area contributed by atoms with Gasteiger partial charge in [0.2, 0.25) is 0 Å². The molecular weight excluding hydrogens is 228 g/mol. The third-order valence-electron chi connectivity index (χ3n) is 2.80. The number of nitrogens with one attached hydrogen (secondary N) is 1. The summed E-state index contributed by atoms with van der Waals surface area (Å²) in [6.07, 6.45) is 1.44. The normalized spacial score (nSPS) is 10.4. The molecule has 0 radical (unpaired) electrons.